The lowest BCUT2D eigenvalue weighted by molar-refractivity contribution is -0.263. The summed E-state index contributed by atoms with van der Waals surface area (Å²) in [6.07, 6.45) is -0.196. The molecule has 0 radical (unpaired) electrons. The largest absolute Gasteiger partial charge is 0.392 e. The Morgan fingerprint density at radius 1 is 0.848 bits per heavy atom. The van der Waals surface area contributed by atoms with Crippen molar-refractivity contribution in [2.75, 3.05) is 5.32 Å². The molecule has 6 rings (SSSR count). The summed E-state index contributed by atoms with van der Waals surface area (Å²) in [4.78, 5) is 29.3. The Kier molecular flexibility index (Phi) is 9.63. The summed E-state index contributed by atoms with van der Waals surface area (Å²) in [5, 5.41) is 13.0. The average Bonchev–Trinajstić information content (AvgIpc) is 3.40. The number of aliphatic hydroxyl groups excluding tert-OH is 1. The first-order valence-corrected chi connectivity index (χ1v) is 15.5. The number of hydrogen-bond donors (Lipinski definition) is 2. The monoisotopic (exact) mass is 655 g/mol. The van der Waals surface area contributed by atoms with Crippen molar-refractivity contribution in [1.82, 2.24) is 9.55 Å². The number of amides is 1. The first-order chi connectivity index (χ1) is 22.3. The molecule has 0 aliphatic carbocycles. The third-order valence-corrected chi connectivity index (χ3v) is 8.80. The number of ketones is 1. The molecule has 1 aromatic heterocycles. The van der Waals surface area contributed by atoms with Gasteiger partial charge >= 0.3 is 0 Å². The van der Waals surface area contributed by atoms with Crippen LogP contribution >= 0.6 is 23.2 Å². The van der Waals surface area contributed by atoms with Crippen LogP contribution in [0.25, 0.3) is 0 Å². The normalized spacial score (nSPS) is 19.5. The maximum absolute atomic E-state index is 13.3. The van der Waals surface area contributed by atoms with Crippen LogP contribution in [0.5, 0.6) is 0 Å². The van der Waals surface area contributed by atoms with Crippen molar-refractivity contribution in [3.05, 3.63) is 153 Å². The highest BCUT2D eigenvalue weighted by molar-refractivity contribution is 6.40. The predicted molar refractivity (Wildman–Crippen MR) is 176 cm³/mol. The molecular formula is C36H31Cl2N3O5. The minimum atomic E-state index is -0.848. The van der Waals surface area contributed by atoms with Gasteiger partial charge in [-0.1, -0.05) is 102 Å². The third-order valence-electron chi connectivity index (χ3n) is 8.03. The van der Waals surface area contributed by atoms with Gasteiger partial charge in [0, 0.05) is 28.3 Å². The number of nitrogens with zero attached hydrogens (tertiary/aromatic N) is 2. The van der Waals surface area contributed by atoms with Crippen LogP contribution in [0.1, 0.15) is 68.2 Å². The fraction of sp³-hybridized carbons (Fsp3) is 0.194. The second-order valence-corrected chi connectivity index (χ2v) is 11.8. The minimum absolute atomic E-state index is 0.0733. The van der Waals surface area contributed by atoms with E-state index in [1.54, 1.807) is 53.4 Å². The van der Waals surface area contributed by atoms with E-state index >= 15 is 0 Å². The molecule has 4 unspecified atom stereocenters. The molecule has 1 saturated heterocycles. The molecular weight excluding hydrogens is 625 g/mol. The molecule has 8 nitrogen and oxygen atoms in total. The number of carbonyl (C=O) groups excluding carboxylic acids is 2. The van der Waals surface area contributed by atoms with Gasteiger partial charge in [-0.05, 0) is 47.9 Å². The van der Waals surface area contributed by atoms with Gasteiger partial charge in [0.2, 0.25) is 0 Å². The molecule has 0 saturated carbocycles. The summed E-state index contributed by atoms with van der Waals surface area (Å²) in [5.74, 6) is -0.699. The number of carbonyl (C=O) groups is 2. The number of anilines is 1. The number of ether oxygens (including phenoxy) is 2. The second kappa shape index (κ2) is 14.0. The molecule has 0 spiro atoms. The van der Waals surface area contributed by atoms with E-state index in [-0.39, 0.29) is 29.4 Å². The van der Waals surface area contributed by atoms with Crippen LogP contribution in [0.3, 0.4) is 0 Å². The number of aliphatic hydroxyl groups is 1. The fourth-order valence-corrected chi connectivity index (χ4v) is 5.99. The van der Waals surface area contributed by atoms with Gasteiger partial charge in [0.1, 0.15) is 5.15 Å². The predicted octanol–water partition coefficient (Wildman–Crippen LogP) is 7.78. The highest BCUT2D eigenvalue weighted by atomic mass is 35.5. The van der Waals surface area contributed by atoms with E-state index in [0.717, 1.165) is 16.7 Å². The lowest BCUT2D eigenvalue weighted by Gasteiger charge is -2.43. The van der Waals surface area contributed by atoms with Gasteiger partial charge < -0.3 is 24.5 Å². The number of aromatic nitrogens is 2. The lowest BCUT2D eigenvalue weighted by atomic mass is 9.83. The molecule has 2 heterocycles. The molecule has 5 aromatic rings. The standard InChI is InChI=1S/C36H31Cl2N3O5/c1-22(43)26-9-6-12-29(18-26)40-35(44)27-10-5-11-28(17-27)36-45-30(19-41-21-39-33(37)34(41)38)31(24-7-3-2-4-8-24)32(46-36)25-15-13-23(20-42)14-16-25/h2-18,21,30-32,36,42H,19-20H2,1H3,(H,40,44). The number of halogens is 2. The van der Waals surface area contributed by atoms with E-state index in [1.807, 2.05) is 60.7 Å². The summed E-state index contributed by atoms with van der Waals surface area (Å²) in [5.41, 5.74) is 4.76. The zero-order valence-corrected chi connectivity index (χ0v) is 26.4. The van der Waals surface area contributed by atoms with Crippen molar-refractivity contribution >= 4 is 40.6 Å². The quantitative estimate of drug-likeness (QED) is 0.157. The molecule has 10 heteroatoms. The van der Waals surface area contributed by atoms with Gasteiger partial charge in [0.15, 0.2) is 17.2 Å². The van der Waals surface area contributed by atoms with Gasteiger partial charge in [-0.2, -0.15) is 0 Å². The number of rotatable bonds is 9. The van der Waals surface area contributed by atoms with Crippen LogP contribution in [0.4, 0.5) is 5.69 Å². The molecule has 2 N–H and O–H groups in total. The molecule has 1 amide bonds. The van der Waals surface area contributed by atoms with Crippen molar-refractivity contribution in [3.8, 4) is 0 Å². The Balaban J connectivity index is 1.36. The summed E-state index contributed by atoms with van der Waals surface area (Å²) in [6.45, 7) is 1.74. The van der Waals surface area contributed by atoms with Crippen LogP contribution < -0.4 is 5.32 Å². The number of hydrogen-bond acceptors (Lipinski definition) is 6. The van der Waals surface area contributed by atoms with Crippen LogP contribution in [0.15, 0.2) is 109 Å². The topological polar surface area (TPSA) is 103 Å². The van der Waals surface area contributed by atoms with Gasteiger partial charge in [0.25, 0.3) is 5.91 Å². The van der Waals surface area contributed by atoms with Gasteiger partial charge in [-0.15, -0.1) is 0 Å². The van der Waals surface area contributed by atoms with E-state index in [4.69, 9.17) is 32.7 Å². The Labute approximate surface area is 276 Å². The van der Waals surface area contributed by atoms with E-state index in [2.05, 4.69) is 10.3 Å². The van der Waals surface area contributed by atoms with E-state index in [1.165, 1.54) is 6.92 Å². The maximum atomic E-state index is 13.3. The Hall–Kier alpha value is -4.31. The van der Waals surface area contributed by atoms with Crippen molar-refractivity contribution in [3.63, 3.8) is 0 Å². The van der Waals surface area contributed by atoms with Gasteiger partial charge in [-0.3, -0.25) is 9.59 Å². The van der Waals surface area contributed by atoms with Gasteiger partial charge in [0.05, 0.1) is 31.7 Å². The van der Waals surface area contributed by atoms with Crippen LogP contribution in [-0.2, 0) is 22.6 Å². The average molecular weight is 657 g/mol. The zero-order chi connectivity index (χ0) is 32.2. The summed E-state index contributed by atoms with van der Waals surface area (Å²) in [6, 6.07) is 31.5. The highest BCUT2D eigenvalue weighted by Gasteiger charge is 2.42. The molecule has 1 fully saturated rings. The molecule has 1 aliphatic rings. The number of imidazole rings is 1. The molecule has 4 atom stereocenters. The van der Waals surface area contributed by atoms with Crippen molar-refractivity contribution in [1.29, 1.82) is 0 Å². The summed E-state index contributed by atoms with van der Waals surface area (Å²) < 4.78 is 15.2. The SMILES string of the molecule is CC(=O)c1cccc(NC(=O)c2cccc(C3OC(Cn4cnc(Cl)c4Cl)C(c4ccccc4)C(c4ccc(CO)cc4)O3)c2)c1. The maximum Gasteiger partial charge on any atom is 0.255 e. The van der Waals surface area contributed by atoms with E-state index < -0.39 is 18.5 Å². The smallest absolute Gasteiger partial charge is 0.255 e. The Morgan fingerprint density at radius 3 is 2.26 bits per heavy atom. The minimum Gasteiger partial charge on any atom is -0.392 e. The highest BCUT2D eigenvalue weighted by Crippen LogP contribution is 2.47. The van der Waals surface area contributed by atoms with Gasteiger partial charge in [-0.25, -0.2) is 4.98 Å². The second-order valence-electron chi connectivity index (χ2n) is 11.1. The van der Waals surface area contributed by atoms with E-state index in [0.29, 0.717) is 34.1 Å². The number of benzene rings is 4. The molecule has 4 aromatic carbocycles. The van der Waals surface area contributed by atoms with Crippen LogP contribution in [0.2, 0.25) is 10.3 Å². The summed E-state index contributed by atoms with van der Waals surface area (Å²) in [7, 11) is 0. The molecule has 0 bridgehead atoms. The van der Waals surface area contributed by atoms with Crippen LogP contribution in [0, 0.1) is 0 Å². The third kappa shape index (κ3) is 6.92. The zero-order valence-electron chi connectivity index (χ0n) is 24.8. The van der Waals surface area contributed by atoms with Crippen LogP contribution in [-0.4, -0.2) is 32.5 Å². The first-order valence-electron chi connectivity index (χ1n) is 14.7. The van der Waals surface area contributed by atoms with Crippen molar-refractivity contribution in [2.45, 2.75) is 44.5 Å². The number of nitrogens with one attached hydrogen (secondary N) is 1. The first kappa shape index (κ1) is 31.7. The lowest BCUT2D eigenvalue weighted by Crippen LogP contribution is -2.39. The van der Waals surface area contributed by atoms with Crippen molar-refractivity contribution in [2.24, 2.45) is 0 Å². The summed E-state index contributed by atoms with van der Waals surface area (Å²) >= 11 is 12.7. The fourth-order valence-electron chi connectivity index (χ4n) is 5.68. The molecule has 1 aliphatic heterocycles. The number of Topliss-reactive ketones (excluding diaryl/α,β-unsaturated/α-hetero) is 1. The molecule has 46 heavy (non-hydrogen) atoms. The molecule has 234 valence electrons. The van der Waals surface area contributed by atoms with E-state index in [9.17, 15) is 14.7 Å². The Morgan fingerprint density at radius 2 is 1.57 bits per heavy atom. The Bertz CT molecular complexity index is 1840. The van der Waals surface area contributed by atoms with Crippen molar-refractivity contribution < 1.29 is 24.2 Å².